The minimum absolute atomic E-state index is 0.0242. The monoisotopic (exact) mass is 313 g/mol. The summed E-state index contributed by atoms with van der Waals surface area (Å²) in [5.41, 5.74) is -0.0242. The number of aromatic carboxylic acids is 1. The molecule has 0 aliphatic heterocycles. The number of carbonyl (C=O) groups is 1. The van der Waals surface area contributed by atoms with Crippen molar-refractivity contribution in [3.63, 3.8) is 0 Å². The topological polar surface area (TPSA) is 75.1 Å². The summed E-state index contributed by atoms with van der Waals surface area (Å²) < 4.78 is 0.947. The smallest absolute Gasteiger partial charge is 0.354 e. The van der Waals surface area contributed by atoms with Crippen molar-refractivity contribution >= 4 is 39.1 Å². The molecule has 7 heteroatoms. The van der Waals surface area contributed by atoms with Crippen molar-refractivity contribution in [3.05, 3.63) is 27.7 Å². The Balaban J connectivity index is 2.53. The quantitative estimate of drug-likeness (QED) is 0.911. The third-order valence-electron chi connectivity index (χ3n) is 1.99. The average Bonchev–Trinajstić information content (AvgIpc) is 2.75. The molecule has 0 bridgehead atoms. The minimum atomic E-state index is -1.07. The fourth-order valence-electron chi connectivity index (χ4n) is 1.23. The molecule has 0 saturated heterocycles. The van der Waals surface area contributed by atoms with Gasteiger partial charge in [0, 0.05) is 13.1 Å². The molecule has 2 N–H and O–H groups in total. The summed E-state index contributed by atoms with van der Waals surface area (Å²) in [7, 11) is 1.68. The first kappa shape index (κ1) is 12.0. The van der Waals surface area contributed by atoms with Crippen molar-refractivity contribution < 1.29 is 9.90 Å². The maximum absolute atomic E-state index is 10.9. The molecule has 0 spiro atoms. The highest BCUT2D eigenvalue weighted by Crippen LogP contribution is 2.29. The normalized spacial score (nSPS) is 10.2. The van der Waals surface area contributed by atoms with E-state index in [2.05, 4.69) is 31.2 Å². The number of aromatic nitrogens is 2. The lowest BCUT2D eigenvalue weighted by atomic mass is 10.3. The number of carboxylic acids is 1. The van der Waals surface area contributed by atoms with Gasteiger partial charge in [-0.1, -0.05) is 0 Å². The zero-order valence-electron chi connectivity index (χ0n) is 8.77. The van der Waals surface area contributed by atoms with Crippen LogP contribution in [0.25, 0.3) is 10.7 Å². The Morgan fingerprint density at radius 1 is 1.47 bits per heavy atom. The molecule has 0 radical (unpaired) electrons. The van der Waals surface area contributed by atoms with Crippen LogP contribution >= 0.6 is 27.3 Å². The van der Waals surface area contributed by atoms with Gasteiger partial charge < -0.3 is 10.4 Å². The van der Waals surface area contributed by atoms with Crippen LogP contribution in [-0.2, 0) is 0 Å². The van der Waals surface area contributed by atoms with E-state index in [-0.39, 0.29) is 5.69 Å². The van der Waals surface area contributed by atoms with Crippen LogP contribution < -0.4 is 5.32 Å². The van der Waals surface area contributed by atoms with Crippen LogP contribution in [0.4, 0.5) is 5.82 Å². The molecular formula is C10H8BrN3O2S. The number of hydrogen-bond donors (Lipinski definition) is 2. The zero-order chi connectivity index (χ0) is 12.4. The first-order valence-electron chi connectivity index (χ1n) is 4.66. The van der Waals surface area contributed by atoms with E-state index in [4.69, 9.17) is 5.11 Å². The molecule has 0 fully saturated rings. The number of thiophene rings is 1. The highest BCUT2D eigenvalue weighted by molar-refractivity contribution is 9.11. The number of rotatable bonds is 3. The first-order chi connectivity index (χ1) is 8.10. The van der Waals surface area contributed by atoms with Crippen LogP contribution in [0.1, 0.15) is 10.5 Å². The van der Waals surface area contributed by atoms with Gasteiger partial charge in [-0.15, -0.1) is 11.3 Å². The van der Waals surface area contributed by atoms with Gasteiger partial charge in [0.05, 0.1) is 8.66 Å². The average molecular weight is 314 g/mol. The number of anilines is 1. The summed E-state index contributed by atoms with van der Waals surface area (Å²) in [6.07, 6.45) is 0. The zero-order valence-corrected chi connectivity index (χ0v) is 11.2. The molecule has 2 heterocycles. The first-order valence-corrected chi connectivity index (χ1v) is 6.27. The molecule has 0 aliphatic carbocycles. The maximum Gasteiger partial charge on any atom is 0.354 e. The van der Waals surface area contributed by atoms with Crippen LogP contribution in [0.15, 0.2) is 22.0 Å². The number of hydrogen-bond acceptors (Lipinski definition) is 5. The molecule has 2 aromatic rings. The Morgan fingerprint density at radius 2 is 2.24 bits per heavy atom. The van der Waals surface area contributed by atoms with Crippen molar-refractivity contribution in [3.8, 4) is 10.7 Å². The van der Waals surface area contributed by atoms with Gasteiger partial charge in [-0.2, -0.15) is 0 Å². The number of nitrogens with zero attached hydrogens (tertiary/aromatic N) is 2. The van der Waals surface area contributed by atoms with Gasteiger partial charge in [0.2, 0.25) is 0 Å². The summed E-state index contributed by atoms with van der Waals surface area (Å²) in [5, 5.41) is 11.8. The van der Waals surface area contributed by atoms with E-state index in [9.17, 15) is 4.79 Å². The molecule has 0 unspecified atom stereocenters. The summed E-state index contributed by atoms with van der Waals surface area (Å²) in [4.78, 5) is 20.0. The van der Waals surface area contributed by atoms with E-state index >= 15 is 0 Å². The molecule has 2 rings (SSSR count). The fourth-order valence-corrected chi connectivity index (χ4v) is 2.55. The molecule has 0 aliphatic rings. The Kier molecular flexibility index (Phi) is 3.39. The summed E-state index contributed by atoms with van der Waals surface area (Å²) in [5.74, 6) is -0.178. The van der Waals surface area contributed by atoms with Crippen LogP contribution in [0.2, 0.25) is 0 Å². The van der Waals surface area contributed by atoms with Crippen molar-refractivity contribution in [2.75, 3.05) is 12.4 Å². The van der Waals surface area contributed by atoms with Crippen LogP contribution in [0.5, 0.6) is 0 Å². The summed E-state index contributed by atoms with van der Waals surface area (Å²) >= 11 is 4.79. The molecule has 2 aromatic heterocycles. The van der Waals surface area contributed by atoms with E-state index in [0.29, 0.717) is 11.6 Å². The third kappa shape index (κ3) is 2.62. The predicted octanol–water partition coefficient (Wildman–Crippen LogP) is 2.71. The lowest BCUT2D eigenvalue weighted by Crippen LogP contribution is -2.05. The van der Waals surface area contributed by atoms with Crippen LogP contribution in [0, 0.1) is 0 Å². The van der Waals surface area contributed by atoms with Crippen LogP contribution in [0.3, 0.4) is 0 Å². The second-order valence-electron chi connectivity index (χ2n) is 3.12. The van der Waals surface area contributed by atoms with E-state index in [1.807, 2.05) is 12.1 Å². The summed E-state index contributed by atoms with van der Waals surface area (Å²) in [6.45, 7) is 0. The fraction of sp³-hybridized carbons (Fsp3) is 0.100. The molecule has 0 atom stereocenters. The van der Waals surface area contributed by atoms with Gasteiger partial charge in [-0.05, 0) is 28.1 Å². The van der Waals surface area contributed by atoms with Crippen molar-refractivity contribution in [2.45, 2.75) is 0 Å². The van der Waals surface area contributed by atoms with Gasteiger partial charge in [0.15, 0.2) is 11.5 Å². The van der Waals surface area contributed by atoms with E-state index < -0.39 is 5.97 Å². The lowest BCUT2D eigenvalue weighted by molar-refractivity contribution is 0.0690. The molecule has 0 aromatic carbocycles. The largest absolute Gasteiger partial charge is 0.477 e. The van der Waals surface area contributed by atoms with Crippen molar-refractivity contribution in [1.29, 1.82) is 0 Å². The molecular weight excluding hydrogens is 306 g/mol. The standard InChI is InChI=1S/C10H8BrN3O2S/c1-12-8-4-5(10(15)16)13-9(14-8)6-2-3-7(11)17-6/h2-4H,1H3,(H,15,16)(H,12,13,14). The van der Waals surface area contributed by atoms with Crippen molar-refractivity contribution in [2.24, 2.45) is 0 Å². The van der Waals surface area contributed by atoms with Gasteiger partial charge in [-0.3, -0.25) is 0 Å². The lowest BCUT2D eigenvalue weighted by Gasteiger charge is -2.03. The van der Waals surface area contributed by atoms with Gasteiger partial charge in [-0.25, -0.2) is 14.8 Å². The second kappa shape index (κ2) is 4.80. The molecule has 5 nitrogen and oxygen atoms in total. The molecule has 0 saturated carbocycles. The van der Waals surface area contributed by atoms with Gasteiger partial charge in [0.25, 0.3) is 0 Å². The highest BCUT2D eigenvalue weighted by Gasteiger charge is 2.12. The predicted molar refractivity (Wildman–Crippen MR) is 69.6 cm³/mol. The number of carboxylic acid groups (broad SMARTS) is 1. The molecule has 17 heavy (non-hydrogen) atoms. The summed E-state index contributed by atoms with van der Waals surface area (Å²) in [6, 6.07) is 5.11. The Labute approximate surface area is 110 Å². The molecule has 88 valence electrons. The SMILES string of the molecule is CNc1cc(C(=O)O)nc(-c2ccc(Br)s2)n1. The Hall–Kier alpha value is -1.47. The van der Waals surface area contributed by atoms with E-state index in [0.717, 1.165) is 8.66 Å². The molecule has 0 amide bonds. The number of nitrogens with one attached hydrogen (secondary N) is 1. The number of halogens is 1. The van der Waals surface area contributed by atoms with E-state index in [1.54, 1.807) is 7.05 Å². The van der Waals surface area contributed by atoms with E-state index in [1.165, 1.54) is 17.4 Å². The Morgan fingerprint density at radius 3 is 2.76 bits per heavy atom. The Bertz CT molecular complexity index is 570. The van der Waals surface area contributed by atoms with Crippen molar-refractivity contribution in [1.82, 2.24) is 9.97 Å². The minimum Gasteiger partial charge on any atom is -0.477 e. The maximum atomic E-state index is 10.9. The van der Waals surface area contributed by atoms with Crippen LogP contribution in [-0.4, -0.2) is 28.1 Å². The van der Waals surface area contributed by atoms with Gasteiger partial charge >= 0.3 is 5.97 Å². The third-order valence-corrected chi connectivity index (χ3v) is 3.61. The second-order valence-corrected chi connectivity index (χ2v) is 5.58. The van der Waals surface area contributed by atoms with Gasteiger partial charge in [0.1, 0.15) is 5.82 Å². The highest BCUT2D eigenvalue weighted by atomic mass is 79.9.